The Morgan fingerprint density at radius 1 is 1.29 bits per heavy atom. The van der Waals surface area contributed by atoms with Gasteiger partial charge in [-0.2, -0.15) is 18.2 Å². The maximum atomic E-state index is 12.5. The maximum absolute atomic E-state index is 12.5. The minimum Gasteiger partial charge on any atom is -0.395 e. The lowest BCUT2D eigenvalue weighted by atomic mass is 10.2. The summed E-state index contributed by atoms with van der Waals surface area (Å²) < 4.78 is 37.4. The van der Waals surface area contributed by atoms with Crippen LogP contribution >= 0.6 is 11.3 Å². The fourth-order valence-electron chi connectivity index (χ4n) is 3.07. The number of carbonyl (C=O) groups excluding carboxylic acids is 1. The summed E-state index contributed by atoms with van der Waals surface area (Å²) in [6.45, 7) is 3.53. The van der Waals surface area contributed by atoms with Crippen LogP contribution in [0.2, 0.25) is 0 Å². The molecule has 0 saturated carbocycles. The molecule has 1 amide bonds. The van der Waals surface area contributed by atoms with Crippen LogP contribution in [0.1, 0.15) is 18.2 Å². The third-order valence-electron chi connectivity index (χ3n) is 4.45. The van der Waals surface area contributed by atoms with Gasteiger partial charge >= 0.3 is 6.18 Å². The van der Waals surface area contributed by atoms with Gasteiger partial charge in [0.15, 0.2) is 0 Å². The Bertz CT molecular complexity index is 834. The number of anilines is 2. The van der Waals surface area contributed by atoms with E-state index in [-0.39, 0.29) is 19.7 Å². The zero-order valence-corrected chi connectivity index (χ0v) is 16.2. The van der Waals surface area contributed by atoms with Gasteiger partial charge in [-0.1, -0.05) is 6.92 Å². The third kappa shape index (κ3) is 4.82. The molecular weight excluding hydrogens is 395 g/mol. The van der Waals surface area contributed by atoms with Crippen LogP contribution < -0.4 is 10.2 Å². The first kappa shape index (κ1) is 20.6. The van der Waals surface area contributed by atoms with Crippen molar-refractivity contribution >= 4 is 39.2 Å². The molecule has 3 heterocycles. The van der Waals surface area contributed by atoms with Crippen molar-refractivity contribution in [2.45, 2.75) is 25.9 Å². The quantitative estimate of drug-likeness (QED) is 0.751. The molecule has 0 aliphatic carbocycles. The summed E-state index contributed by atoms with van der Waals surface area (Å²) in [5.74, 6) is 0.204. The van der Waals surface area contributed by atoms with Gasteiger partial charge in [0, 0.05) is 37.6 Å². The van der Waals surface area contributed by atoms with Gasteiger partial charge in [0.05, 0.1) is 12.0 Å². The molecule has 154 valence electrons. The van der Waals surface area contributed by atoms with Crippen LogP contribution in [0.5, 0.6) is 0 Å². The highest BCUT2D eigenvalue weighted by Crippen LogP contribution is 2.33. The van der Waals surface area contributed by atoms with Crippen LogP contribution in [0.25, 0.3) is 10.2 Å². The zero-order valence-electron chi connectivity index (χ0n) is 15.4. The minimum absolute atomic E-state index is 0.0542. The van der Waals surface area contributed by atoms with Crippen LogP contribution in [0, 0.1) is 0 Å². The van der Waals surface area contributed by atoms with E-state index in [1.807, 2.05) is 17.9 Å². The third-order valence-corrected chi connectivity index (χ3v) is 5.62. The lowest BCUT2D eigenvalue weighted by Crippen LogP contribution is -2.49. The second kappa shape index (κ2) is 8.48. The summed E-state index contributed by atoms with van der Waals surface area (Å²) in [7, 11) is 0. The van der Waals surface area contributed by atoms with Gasteiger partial charge in [-0.15, -0.1) is 11.3 Å². The number of alkyl halides is 3. The number of aromatic nitrogens is 2. The molecule has 0 unspecified atom stereocenters. The second-order valence-electron chi connectivity index (χ2n) is 6.47. The normalized spacial score (nSPS) is 15.3. The molecule has 0 spiro atoms. The highest BCUT2D eigenvalue weighted by molar-refractivity contribution is 7.18. The van der Waals surface area contributed by atoms with Crippen molar-refractivity contribution in [2.24, 2.45) is 0 Å². The van der Waals surface area contributed by atoms with Crippen molar-refractivity contribution < 1.29 is 23.1 Å². The van der Waals surface area contributed by atoms with E-state index >= 15 is 0 Å². The lowest BCUT2D eigenvalue weighted by Gasteiger charge is -2.36. The van der Waals surface area contributed by atoms with Crippen molar-refractivity contribution in [2.75, 3.05) is 49.5 Å². The number of carbonyl (C=O) groups is 1. The Labute approximate surface area is 164 Å². The van der Waals surface area contributed by atoms with E-state index in [1.54, 1.807) is 11.3 Å². The molecule has 2 N–H and O–H groups in total. The smallest absolute Gasteiger partial charge is 0.395 e. The van der Waals surface area contributed by atoms with Crippen molar-refractivity contribution in [3.05, 3.63) is 10.9 Å². The van der Waals surface area contributed by atoms with Crippen molar-refractivity contribution in [3.63, 3.8) is 0 Å². The van der Waals surface area contributed by atoms with Gasteiger partial charge in [-0.3, -0.25) is 4.79 Å². The first-order chi connectivity index (χ1) is 13.3. The Morgan fingerprint density at radius 2 is 2.00 bits per heavy atom. The molecular formula is C17H22F3N5O2S. The average molecular weight is 417 g/mol. The van der Waals surface area contributed by atoms with Crippen molar-refractivity contribution in [3.8, 4) is 0 Å². The van der Waals surface area contributed by atoms with Gasteiger partial charge in [0.25, 0.3) is 0 Å². The summed E-state index contributed by atoms with van der Waals surface area (Å²) in [4.78, 5) is 26.0. The first-order valence-corrected chi connectivity index (χ1v) is 9.87. The number of fused-ring (bicyclic) bond motifs is 1. The largest absolute Gasteiger partial charge is 0.397 e. The molecule has 1 saturated heterocycles. The summed E-state index contributed by atoms with van der Waals surface area (Å²) in [5, 5.41) is 12.9. The Kier molecular flexibility index (Phi) is 6.23. The van der Waals surface area contributed by atoms with Gasteiger partial charge in [0.1, 0.15) is 17.1 Å². The van der Waals surface area contributed by atoms with E-state index in [4.69, 9.17) is 5.11 Å². The number of aliphatic hydroxyl groups excluding tert-OH is 1. The summed E-state index contributed by atoms with van der Waals surface area (Å²) in [6, 6.07) is 2.03. The van der Waals surface area contributed by atoms with Crippen LogP contribution in [0.4, 0.5) is 24.9 Å². The van der Waals surface area contributed by atoms with Gasteiger partial charge in [-0.05, 0) is 12.5 Å². The van der Waals surface area contributed by atoms with Crippen LogP contribution in [-0.2, 0) is 11.2 Å². The number of rotatable bonds is 6. The Hall–Kier alpha value is -2.14. The van der Waals surface area contributed by atoms with Crippen LogP contribution in [0.15, 0.2) is 6.07 Å². The molecule has 1 aliphatic heterocycles. The fourth-order valence-corrected chi connectivity index (χ4v) is 4.03. The predicted octanol–water partition coefficient (Wildman–Crippen LogP) is 2.26. The van der Waals surface area contributed by atoms with Gasteiger partial charge in [0.2, 0.25) is 11.9 Å². The number of hydrogen-bond acceptors (Lipinski definition) is 7. The number of amides is 1. The number of nitrogens with one attached hydrogen (secondary N) is 1. The average Bonchev–Trinajstić information content (AvgIpc) is 3.07. The SMILES string of the molecule is CCc1cc2c(N3CCN(C(=O)CC(F)(F)F)CC3)nc(NCCO)nc2s1. The van der Waals surface area contributed by atoms with Crippen LogP contribution in [0.3, 0.4) is 0 Å². The van der Waals surface area contributed by atoms with Gasteiger partial charge < -0.3 is 20.2 Å². The molecule has 1 fully saturated rings. The Morgan fingerprint density at radius 3 is 2.61 bits per heavy atom. The minimum atomic E-state index is -4.49. The molecule has 1 aliphatic rings. The molecule has 0 atom stereocenters. The fraction of sp³-hybridized carbons (Fsp3) is 0.588. The van der Waals surface area contributed by atoms with Crippen LogP contribution in [-0.4, -0.2) is 71.4 Å². The topological polar surface area (TPSA) is 81.6 Å². The van der Waals surface area contributed by atoms with E-state index in [2.05, 4.69) is 15.3 Å². The second-order valence-corrected chi connectivity index (χ2v) is 7.58. The van der Waals surface area contributed by atoms with E-state index in [0.717, 1.165) is 21.5 Å². The molecule has 2 aromatic rings. The molecule has 2 aromatic heterocycles. The van der Waals surface area contributed by atoms with E-state index in [1.165, 1.54) is 4.90 Å². The lowest BCUT2D eigenvalue weighted by molar-refractivity contribution is -0.161. The monoisotopic (exact) mass is 417 g/mol. The van der Waals surface area contributed by atoms with Crippen molar-refractivity contribution in [1.29, 1.82) is 0 Å². The molecule has 3 rings (SSSR count). The number of thiophene rings is 1. The number of aryl methyl sites for hydroxylation is 1. The first-order valence-electron chi connectivity index (χ1n) is 9.05. The summed E-state index contributed by atoms with van der Waals surface area (Å²) >= 11 is 1.57. The highest BCUT2D eigenvalue weighted by atomic mass is 32.1. The molecule has 11 heteroatoms. The number of aliphatic hydroxyl groups is 1. The van der Waals surface area contributed by atoms with E-state index in [0.29, 0.717) is 31.4 Å². The Balaban J connectivity index is 1.79. The molecule has 28 heavy (non-hydrogen) atoms. The van der Waals surface area contributed by atoms with E-state index < -0.39 is 18.5 Å². The molecule has 7 nitrogen and oxygen atoms in total. The summed E-state index contributed by atoms with van der Waals surface area (Å²) in [6.07, 6.45) is -5.06. The number of halogens is 3. The molecule has 0 bridgehead atoms. The molecule has 0 radical (unpaired) electrons. The standard InChI is InChI=1S/C17H22F3N5O2S/c1-2-11-9-12-14(22-16(21-3-8-26)23-15(12)28-11)25-6-4-24(5-7-25)13(27)10-17(18,19)20/h9,26H,2-8,10H2,1H3,(H,21,22,23). The summed E-state index contributed by atoms with van der Waals surface area (Å²) in [5.41, 5.74) is 0. The number of hydrogen-bond donors (Lipinski definition) is 2. The number of piperazine rings is 1. The predicted molar refractivity (Wildman–Crippen MR) is 102 cm³/mol. The maximum Gasteiger partial charge on any atom is 0.397 e. The molecule has 0 aromatic carbocycles. The van der Waals surface area contributed by atoms with Crippen molar-refractivity contribution in [1.82, 2.24) is 14.9 Å². The van der Waals surface area contributed by atoms with Gasteiger partial charge in [-0.25, -0.2) is 4.98 Å². The zero-order chi connectivity index (χ0) is 20.3. The highest BCUT2D eigenvalue weighted by Gasteiger charge is 2.34. The number of nitrogens with zero attached hydrogens (tertiary/aromatic N) is 4. The van der Waals surface area contributed by atoms with E-state index in [9.17, 15) is 18.0 Å².